The average Bonchev–Trinajstić information content (AvgIpc) is 2.56. The molecule has 0 unspecified atom stereocenters. The first-order valence-electron chi connectivity index (χ1n) is 7.38. The summed E-state index contributed by atoms with van der Waals surface area (Å²) in [6, 6.07) is 14.0. The predicted molar refractivity (Wildman–Crippen MR) is 87.2 cm³/mol. The lowest BCUT2D eigenvalue weighted by Crippen LogP contribution is -2.37. The number of hydrogen-bond donors (Lipinski definition) is 2. The van der Waals surface area contributed by atoms with Gasteiger partial charge in [0.2, 0.25) is 5.91 Å². The van der Waals surface area contributed by atoms with Crippen LogP contribution >= 0.6 is 0 Å². The Bertz CT molecular complexity index is 596. The summed E-state index contributed by atoms with van der Waals surface area (Å²) in [5.41, 5.74) is 0. The maximum Gasteiger partial charge on any atom is 0.234 e. The first-order chi connectivity index (χ1) is 10.8. The van der Waals surface area contributed by atoms with Crippen LogP contribution in [0.1, 0.15) is 0 Å². The van der Waals surface area contributed by atoms with Crippen molar-refractivity contribution in [1.82, 2.24) is 10.6 Å². The van der Waals surface area contributed by atoms with E-state index in [1.807, 2.05) is 30.3 Å². The molecular weight excluding hydrogens is 280 g/mol. The van der Waals surface area contributed by atoms with E-state index in [4.69, 9.17) is 9.47 Å². The molecule has 0 spiro atoms. The normalized spacial score (nSPS) is 10.6. The van der Waals surface area contributed by atoms with E-state index in [0.29, 0.717) is 26.3 Å². The summed E-state index contributed by atoms with van der Waals surface area (Å²) < 4.78 is 10.6. The number of carbonyl (C=O) groups is 1. The van der Waals surface area contributed by atoms with Crippen LogP contribution in [0.3, 0.4) is 0 Å². The van der Waals surface area contributed by atoms with E-state index in [1.165, 1.54) is 0 Å². The van der Waals surface area contributed by atoms with Crippen LogP contribution in [-0.2, 0) is 9.53 Å². The second kappa shape index (κ2) is 9.02. The number of benzene rings is 2. The first-order valence-corrected chi connectivity index (χ1v) is 7.38. The quantitative estimate of drug-likeness (QED) is 0.690. The molecule has 0 aromatic heterocycles. The van der Waals surface area contributed by atoms with Crippen molar-refractivity contribution in [2.45, 2.75) is 0 Å². The van der Waals surface area contributed by atoms with Crippen LogP contribution in [0.5, 0.6) is 5.75 Å². The minimum Gasteiger partial charge on any atom is -0.491 e. The maximum atomic E-state index is 11.6. The highest BCUT2D eigenvalue weighted by molar-refractivity contribution is 5.88. The highest BCUT2D eigenvalue weighted by atomic mass is 16.5. The van der Waals surface area contributed by atoms with Crippen molar-refractivity contribution in [2.75, 3.05) is 40.0 Å². The van der Waals surface area contributed by atoms with Crippen LogP contribution in [0.25, 0.3) is 10.8 Å². The van der Waals surface area contributed by atoms with Gasteiger partial charge in [-0.2, -0.15) is 0 Å². The van der Waals surface area contributed by atoms with Gasteiger partial charge in [-0.3, -0.25) is 4.79 Å². The molecule has 0 bridgehead atoms. The Morgan fingerprint density at radius 1 is 1.05 bits per heavy atom. The number of nitrogens with one attached hydrogen (secondary N) is 2. The zero-order valence-corrected chi connectivity index (χ0v) is 12.8. The van der Waals surface area contributed by atoms with Crippen LogP contribution in [0.4, 0.5) is 0 Å². The Labute approximate surface area is 130 Å². The number of fused-ring (bicyclic) bond motifs is 1. The second-order valence-electron chi connectivity index (χ2n) is 4.85. The monoisotopic (exact) mass is 302 g/mol. The summed E-state index contributed by atoms with van der Waals surface area (Å²) in [4.78, 5) is 11.6. The molecule has 0 aliphatic carbocycles. The van der Waals surface area contributed by atoms with E-state index in [9.17, 15) is 4.79 Å². The minimum atomic E-state index is -0.0439. The zero-order valence-electron chi connectivity index (χ0n) is 12.8. The highest BCUT2D eigenvalue weighted by Gasteiger charge is 2.02. The van der Waals surface area contributed by atoms with Crippen LogP contribution in [0.15, 0.2) is 42.5 Å². The molecule has 0 radical (unpaired) electrons. The fraction of sp³-hybridized carbons (Fsp3) is 0.353. The standard InChI is InChI=1S/C17H22N2O3/c1-21-11-9-18-13-17(20)19-10-12-22-16-8-4-6-14-5-2-3-7-15(14)16/h2-8,18H,9-13H2,1H3,(H,19,20). The third kappa shape index (κ3) is 5.02. The van der Waals surface area contributed by atoms with Gasteiger partial charge in [0.05, 0.1) is 19.7 Å². The molecule has 0 heterocycles. The van der Waals surface area contributed by atoms with Crippen LogP contribution in [0.2, 0.25) is 0 Å². The van der Waals surface area contributed by atoms with Gasteiger partial charge in [-0.25, -0.2) is 0 Å². The van der Waals surface area contributed by atoms with Crippen molar-refractivity contribution < 1.29 is 14.3 Å². The third-order valence-electron chi connectivity index (χ3n) is 3.20. The van der Waals surface area contributed by atoms with Crippen molar-refractivity contribution >= 4 is 16.7 Å². The minimum absolute atomic E-state index is 0.0439. The van der Waals surface area contributed by atoms with Crippen molar-refractivity contribution in [3.63, 3.8) is 0 Å². The Kier molecular flexibility index (Phi) is 6.67. The summed E-state index contributed by atoms with van der Waals surface area (Å²) >= 11 is 0. The zero-order chi connectivity index (χ0) is 15.6. The van der Waals surface area contributed by atoms with E-state index >= 15 is 0 Å². The molecule has 118 valence electrons. The van der Waals surface area contributed by atoms with E-state index in [2.05, 4.69) is 22.8 Å². The molecule has 2 aromatic rings. The van der Waals surface area contributed by atoms with Gasteiger partial charge in [0.15, 0.2) is 0 Å². The molecule has 1 amide bonds. The van der Waals surface area contributed by atoms with Gasteiger partial charge in [-0.05, 0) is 11.5 Å². The molecule has 2 N–H and O–H groups in total. The molecule has 0 fully saturated rings. The Hall–Kier alpha value is -2.11. The molecule has 0 aliphatic rings. The van der Waals surface area contributed by atoms with Gasteiger partial charge < -0.3 is 20.1 Å². The molecule has 0 saturated carbocycles. The van der Waals surface area contributed by atoms with Crippen molar-refractivity contribution in [3.05, 3.63) is 42.5 Å². The van der Waals surface area contributed by atoms with E-state index < -0.39 is 0 Å². The Morgan fingerprint density at radius 2 is 1.86 bits per heavy atom. The van der Waals surface area contributed by atoms with Gasteiger partial charge in [0.25, 0.3) is 0 Å². The Balaban J connectivity index is 1.71. The Morgan fingerprint density at radius 3 is 2.73 bits per heavy atom. The molecular formula is C17H22N2O3. The number of ether oxygens (including phenoxy) is 2. The molecule has 22 heavy (non-hydrogen) atoms. The van der Waals surface area contributed by atoms with Gasteiger partial charge in [0, 0.05) is 19.0 Å². The first kappa shape index (κ1) is 16.3. The predicted octanol–water partition coefficient (Wildman–Crippen LogP) is 1.57. The van der Waals surface area contributed by atoms with E-state index in [0.717, 1.165) is 16.5 Å². The summed E-state index contributed by atoms with van der Waals surface area (Å²) in [5.74, 6) is 0.795. The van der Waals surface area contributed by atoms with Crippen molar-refractivity contribution in [3.8, 4) is 5.75 Å². The second-order valence-corrected chi connectivity index (χ2v) is 4.85. The van der Waals surface area contributed by atoms with Crippen molar-refractivity contribution in [1.29, 1.82) is 0 Å². The smallest absolute Gasteiger partial charge is 0.234 e. The molecule has 2 aromatic carbocycles. The fourth-order valence-corrected chi connectivity index (χ4v) is 2.11. The number of hydrogen-bond acceptors (Lipinski definition) is 4. The number of rotatable bonds is 9. The topological polar surface area (TPSA) is 59.6 Å². The SMILES string of the molecule is COCCNCC(=O)NCCOc1cccc2ccccc12. The molecule has 5 heteroatoms. The van der Waals surface area contributed by atoms with Gasteiger partial charge in [-0.1, -0.05) is 36.4 Å². The lowest BCUT2D eigenvalue weighted by molar-refractivity contribution is -0.120. The van der Waals surface area contributed by atoms with Gasteiger partial charge in [-0.15, -0.1) is 0 Å². The molecule has 5 nitrogen and oxygen atoms in total. The lowest BCUT2D eigenvalue weighted by atomic mass is 10.1. The van der Waals surface area contributed by atoms with Gasteiger partial charge >= 0.3 is 0 Å². The third-order valence-corrected chi connectivity index (χ3v) is 3.20. The van der Waals surface area contributed by atoms with E-state index in [1.54, 1.807) is 7.11 Å². The molecule has 0 saturated heterocycles. The molecule has 2 rings (SSSR count). The van der Waals surface area contributed by atoms with Gasteiger partial charge in [0.1, 0.15) is 12.4 Å². The maximum absolute atomic E-state index is 11.6. The summed E-state index contributed by atoms with van der Waals surface area (Å²) in [7, 11) is 1.63. The van der Waals surface area contributed by atoms with Crippen LogP contribution in [0, 0.1) is 0 Å². The lowest BCUT2D eigenvalue weighted by Gasteiger charge is -2.10. The highest BCUT2D eigenvalue weighted by Crippen LogP contribution is 2.24. The fourth-order valence-electron chi connectivity index (χ4n) is 2.11. The van der Waals surface area contributed by atoms with Crippen molar-refractivity contribution in [2.24, 2.45) is 0 Å². The number of amides is 1. The number of carbonyl (C=O) groups excluding carboxylic acids is 1. The largest absolute Gasteiger partial charge is 0.491 e. The molecule has 0 atom stereocenters. The summed E-state index contributed by atoms with van der Waals surface area (Å²) in [6.45, 7) is 2.47. The van der Waals surface area contributed by atoms with Crippen LogP contribution in [-0.4, -0.2) is 45.9 Å². The van der Waals surface area contributed by atoms with Crippen LogP contribution < -0.4 is 15.4 Å². The molecule has 0 aliphatic heterocycles. The average molecular weight is 302 g/mol. The number of methoxy groups -OCH3 is 1. The summed E-state index contributed by atoms with van der Waals surface area (Å²) in [5, 5.41) is 8.03. The van der Waals surface area contributed by atoms with E-state index in [-0.39, 0.29) is 12.5 Å². The summed E-state index contributed by atoms with van der Waals surface area (Å²) in [6.07, 6.45) is 0.